The first-order valence-corrected chi connectivity index (χ1v) is 8.49. The summed E-state index contributed by atoms with van der Waals surface area (Å²) < 4.78 is 2.30. The number of tetrazole rings is 1. The lowest BCUT2D eigenvalue weighted by molar-refractivity contribution is 0.0944. The van der Waals surface area contributed by atoms with Gasteiger partial charge in [-0.15, -0.1) is 5.10 Å². The van der Waals surface area contributed by atoms with Crippen LogP contribution in [0.1, 0.15) is 23.2 Å². The predicted octanol–water partition coefficient (Wildman–Crippen LogP) is 2.37. The number of rotatable bonds is 4. The molecular weight excluding hydrogens is 358 g/mol. The molecular formula is C16H16BrN5O. The Morgan fingerprint density at radius 3 is 2.96 bits per heavy atom. The number of fused-ring (bicyclic) bond motifs is 2. The van der Waals surface area contributed by atoms with E-state index in [4.69, 9.17) is 0 Å². The van der Waals surface area contributed by atoms with E-state index in [1.165, 1.54) is 23.9 Å². The van der Waals surface area contributed by atoms with Crippen LogP contribution in [0.5, 0.6) is 0 Å². The molecule has 1 aromatic heterocycles. The first-order valence-electron chi connectivity index (χ1n) is 7.70. The van der Waals surface area contributed by atoms with E-state index in [-0.39, 0.29) is 5.91 Å². The second-order valence-corrected chi connectivity index (χ2v) is 7.02. The van der Waals surface area contributed by atoms with Crippen molar-refractivity contribution in [2.75, 3.05) is 6.54 Å². The molecule has 0 spiro atoms. The van der Waals surface area contributed by atoms with Crippen molar-refractivity contribution in [1.82, 2.24) is 25.5 Å². The summed E-state index contributed by atoms with van der Waals surface area (Å²) in [5.41, 5.74) is 1.35. The standard InChI is InChI=1S/C16H16BrN5O/c17-15-4-3-13(22-9-19-20-21-22)7-14(15)16(23)18-8-12-6-10-1-2-11(12)5-10/h1-4,7,9-12H,5-6,8H2,(H,18,23)/t10-,11+,12+/m0/s1. The fourth-order valence-corrected chi connectivity index (χ4v) is 3.98. The van der Waals surface area contributed by atoms with E-state index in [9.17, 15) is 4.79 Å². The van der Waals surface area contributed by atoms with Crippen molar-refractivity contribution >= 4 is 21.8 Å². The van der Waals surface area contributed by atoms with Gasteiger partial charge in [0.2, 0.25) is 0 Å². The normalized spacial score (nSPS) is 25.0. The number of carbonyl (C=O) groups excluding carboxylic acids is 1. The Bertz CT molecular complexity index is 758. The van der Waals surface area contributed by atoms with Gasteiger partial charge in [0, 0.05) is 11.0 Å². The number of hydrogen-bond acceptors (Lipinski definition) is 4. The van der Waals surface area contributed by atoms with E-state index in [1.807, 2.05) is 12.1 Å². The largest absolute Gasteiger partial charge is 0.352 e. The highest BCUT2D eigenvalue weighted by Gasteiger charge is 2.35. The molecule has 1 aromatic carbocycles. The summed E-state index contributed by atoms with van der Waals surface area (Å²) >= 11 is 3.45. The van der Waals surface area contributed by atoms with Crippen molar-refractivity contribution < 1.29 is 4.79 Å². The molecule has 1 amide bonds. The third kappa shape index (κ3) is 2.81. The maximum absolute atomic E-state index is 12.5. The minimum absolute atomic E-state index is 0.0708. The summed E-state index contributed by atoms with van der Waals surface area (Å²) in [4.78, 5) is 12.5. The van der Waals surface area contributed by atoms with Crippen LogP contribution in [-0.4, -0.2) is 32.7 Å². The van der Waals surface area contributed by atoms with Gasteiger partial charge in [-0.3, -0.25) is 4.79 Å². The van der Waals surface area contributed by atoms with Gasteiger partial charge in [0.05, 0.1) is 11.3 Å². The molecule has 1 saturated carbocycles. The molecule has 0 saturated heterocycles. The molecule has 118 valence electrons. The van der Waals surface area contributed by atoms with Crippen molar-refractivity contribution in [3.05, 3.63) is 46.7 Å². The zero-order valence-corrected chi connectivity index (χ0v) is 14.0. The highest BCUT2D eigenvalue weighted by Crippen LogP contribution is 2.42. The van der Waals surface area contributed by atoms with Crippen molar-refractivity contribution in [3.63, 3.8) is 0 Å². The third-order valence-electron chi connectivity index (χ3n) is 4.75. The van der Waals surface area contributed by atoms with E-state index < -0.39 is 0 Å². The molecule has 1 N–H and O–H groups in total. The van der Waals surface area contributed by atoms with E-state index in [0.717, 1.165) is 22.6 Å². The summed E-state index contributed by atoms with van der Waals surface area (Å²) in [7, 11) is 0. The number of hydrogen-bond donors (Lipinski definition) is 1. The minimum atomic E-state index is -0.0708. The number of carbonyl (C=O) groups is 1. The van der Waals surface area contributed by atoms with Gasteiger partial charge in [-0.2, -0.15) is 0 Å². The average Bonchev–Trinajstić information content (AvgIpc) is 3.30. The molecule has 0 aliphatic heterocycles. The van der Waals surface area contributed by atoms with Crippen LogP contribution in [0.3, 0.4) is 0 Å². The Labute approximate surface area is 142 Å². The average molecular weight is 374 g/mol. The Morgan fingerprint density at radius 2 is 2.26 bits per heavy atom. The molecule has 2 aliphatic carbocycles. The summed E-state index contributed by atoms with van der Waals surface area (Å²) in [6, 6.07) is 5.49. The summed E-state index contributed by atoms with van der Waals surface area (Å²) in [5, 5.41) is 14.2. The number of nitrogens with one attached hydrogen (secondary N) is 1. The second kappa shape index (κ2) is 5.88. The molecule has 0 radical (unpaired) electrons. The maximum Gasteiger partial charge on any atom is 0.252 e. The van der Waals surface area contributed by atoms with Gasteiger partial charge >= 0.3 is 0 Å². The van der Waals surface area contributed by atoms with Crippen LogP contribution in [-0.2, 0) is 0 Å². The van der Waals surface area contributed by atoms with Crippen LogP contribution in [0, 0.1) is 17.8 Å². The molecule has 1 fully saturated rings. The zero-order valence-electron chi connectivity index (χ0n) is 12.4. The number of allylic oxidation sites excluding steroid dienone is 2. The van der Waals surface area contributed by atoms with Crippen LogP contribution < -0.4 is 5.32 Å². The Balaban J connectivity index is 1.47. The topological polar surface area (TPSA) is 72.7 Å². The van der Waals surface area contributed by atoms with E-state index >= 15 is 0 Å². The quantitative estimate of drug-likeness (QED) is 0.834. The van der Waals surface area contributed by atoms with Crippen molar-refractivity contribution in [1.29, 1.82) is 0 Å². The molecule has 6 nitrogen and oxygen atoms in total. The van der Waals surface area contributed by atoms with Gasteiger partial charge < -0.3 is 5.32 Å². The van der Waals surface area contributed by atoms with Gasteiger partial charge in [-0.05, 0) is 75.2 Å². The lowest BCUT2D eigenvalue weighted by Gasteiger charge is -2.18. The van der Waals surface area contributed by atoms with Crippen LogP contribution in [0.4, 0.5) is 0 Å². The number of amides is 1. The van der Waals surface area contributed by atoms with Gasteiger partial charge in [0.1, 0.15) is 6.33 Å². The maximum atomic E-state index is 12.5. The lowest BCUT2D eigenvalue weighted by Crippen LogP contribution is -2.31. The van der Waals surface area contributed by atoms with Crippen LogP contribution >= 0.6 is 15.9 Å². The Hall–Kier alpha value is -2.02. The molecule has 4 rings (SSSR count). The molecule has 7 heteroatoms. The number of halogens is 1. The first kappa shape index (κ1) is 14.6. The molecule has 0 unspecified atom stereocenters. The van der Waals surface area contributed by atoms with Crippen molar-refractivity contribution in [3.8, 4) is 5.69 Å². The summed E-state index contributed by atoms with van der Waals surface area (Å²) in [6.45, 7) is 0.728. The monoisotopic (exact) mass is 373 g/mol. The highest BCUT2D eigenvalue weighted by atomic mass is 79.9. The Morgan fingerprint density at radius 1 is 1.35 bits per heavy atom. The SMILES string of the molecule is O=C(NC[C@H]1C[C@H]2C=C[C@@H]1C2)c1cc(-n2cnnn2)ccc1Br. The van der Waals surface area contributed by atoms with Gasteiger partial charge in [0.25, 0.3) is 5.91 Å². The fraction of sp³-hybridized carbons (Fsp3) is 0.375. The Kier molecular flexibility index (Phi) is 3.72. The first-order chi connectivity index (χ1) is 11.2. The molecule has 23 heavy (non-hydrogen) atoms. The zero-order chi connectivity index (χ0) is 15.8. The van der Waals surface area contributed by atoms with E-state index in [1.54, 1.807) is 6.07 Å². The molecule has 2 bridgehead atoms. The number of nitrogens with zero attached hydrogens (tertiary/aromatic N) is 4. The second-order valence-electron chi connectivity index (χ2n) is 6.17. The molecule has 2 aliphatic rings. The minimum Gasteiger partial charge on any atom is -0.352 e. The smallest absolute Gasteiger partial charge is 0.252 e. The van der Waals surface area contributed by atoms with Gasteiger partial charge in [-0.25, -0.2) is 4.68 Å². The fourth-order valence-electron chi connectivity index (χ4n) is 3.56. The summed E-state index contributed by atoms with van der Waals surface area (Å²) in [5.74, 6) is 1.85. The molecule has 3 atom stereocenters. The lowest BCUT2D eigenvalue weighted by atomic mass is 9.93. The van der Waals surface area contributed by atoms with Crippen LogP contribution in [0.2, 0.25) is 0 Å². The third-order valence-corrected chi connectivity index (χ3v) is 5.44. The number of benzene rings is 1. The van der Waals surface area contributed by atoms with Crippen LogP contribution in [0.15, 0.2) is 41.2 Å². The van der Waals surface area contributed by atoms with Crippen LogP contribution in [0.25, 0.3) is 5.69 Å². The highest BCUT2D eigenvalue weighted by molar-refractivity contribution is 9.10. The summed E-state index contributed by atoms with van der Waals surface area (Å²) in [6.07, 6.45) is 8.56. The van der Waals surface area contributed by atoms with Crippen molar-refractivity contribution in [2.24, 2.45) is 17.8 Å². The predicted molar refractivity (Wildman–Crippen MR) is 88.0 cm³/mol. The number of aromatic nitrogens is 4. The van der Waals surface area contributed by atoms with E-state index in [0.29, 0.717) is 17.4 Å². The van der Waals surface area contributed by atoms with Gasteiger partial charge in [-0.1, -0.05) is 12.2 Å². The molecule has 1 heterocycles. The molecule has 2 aromatic rings. The van der Waals surface area contributed by atoms with Gasteiger partial charge in [0.15, 0.2) is 0 Å². The van der Waals surface area contributed by atoms with Crippen molar-refractivity contribution in [2.45, 2.75) is 12.8 Å². The van der Waals surface area contributed by atoms with E-state index in [2.05, 4.69) is 48.9 Å².